The third kappa shape index (κ3) is 6.66. The molecule has 3 aromatic carbocycles. The maximum atomic E-state index is 12.0. The van der Waals surface area contributed by atoms with E-state index < -0.39 is 12.0 Å². The van der Waals surface area contributed by atoms with Crippen molar-refractivity contribution in [3.05, 3.63) is 90.1 Å². The number of hydrazone groups is 1. The van der Waals surface area contributed by atoms with Gasteiger partial charge in [0.2, 0.25) is 0 Å². The van der Waals surface area contributed by atoms with Crippen molar-refractivity contribution < 1.29 is 19.4 Å². The van der Waals surface area contributed by atoms with Gasteiger partial charge in [0.05, 0.1) is 18.9 Å². The van der Waals surface area contributed by atoms with Gasteiger partial charge in [-0.15, -0.1) is 0 Å². The maximum absolute atomic E-state index is 12.0. The van der Waals surface area contributed by atoms with Crippen molar-refractivity contribution in [1.82, 2.24) is 5.43 Å². The Morgan fingerprint density at radius 1 is 1.06 bits per heavy atom. The molecular formula is C23H19I2N3O4. The average Bonchev–Trinajstić information content (AvgIpc) is 2.75. The van der Waals surface area contributed by atoms with Crippen molar-refractivity contribution in [3.8, 4) is 5.75 Å². The van der Waals surface area contributed by atoms with Crippen LogP contribution in [0.1, 0.15) is 27.0 Å². The zero-order valence-electron chi connectivity index (χ0n) is 16.9. The predicted octanol–water partition coefficient (Wildman–Crippen LogP) is 5.64. The molecular weight excluding hydrogens is 636 g/mol. The normalized spacial score (nSPS) is 10.7. The van der Waals surface area contributed by atoms with Crippen LogP contribution in [0.3, 0.4) is 0 Å². The molecule has 0 spiro atoms. The van der Waals surface area contributed by atoms with Gasteiger partial charge < -0.3 is 15.2 Å². The summed E-state index contributed by atoms with van der Waals surface area (Å²) >= 11 is 4.37. The number of ether oxygens (including phenoxy) is 1. The second-order valence-electron chi connectivity index (χ2n) is 6.74. The molecule has 0 aliphatic carbocycles. The van der Waals surface area contributed by atoms with Crippen molar-refractivity contribution in [2.24, 2.45) is 5.10 Å². The number of rotatable bonds is 7. The van der Waals surface area contributed by atoms with Crippen LogP contribution in [0.2, 0.25) is 0 Å². The van der Waals surface area contributed by atoms with E-state index in [0.29, 0.717) is 6.61 Å². The van der Waals surface area contributed by atoms with Crippen LogP contribution in [0.5, 0.6) is 5.75 Å². The van der Waals surface area contributed by atoms with E-state index in [-0.39, 0.29) is 5.56 Å². The summed E-state index contributed by atoms with van der Waals surface area (Å²) in [6.07, 6.45) is 1.57. The first-order chi connectivity index (χ1) is 15.3. The standard InChI is InChI=1S/C23H19I2N3O4/c1-14-4-2-3-5-20(14)27-23(31)28-26-12-16-10-18(24)21(19(25)11-16)32-13-15-6-8-17(9-7-15)22(29)30/h2-12H,13H2,1H3,(H,29,30)(H2,27,28,31). The number of amides is 2. The highest BCUT2D eigenvalue weighted by molar-refractivity contribution is 14.1. The van der Waals surface area contributed by atoms with Gasteiger partial charge in [0.1, 0.15) is 12.4 Å². The van der Waals surface area contributed by atoms with Crippen LogP contribution in [0.25, 0.3) is 0 Å². The second kappa shape index (κ2) is 11.3. The Balaban J connectivity index is 1.59. The number of carboxylic acid groups (broad SMARTS) is 1. The summed E-state index contributed by atoms with van der Waals surface area (Å²) in [4.78, 5) is 23.0. The second-order valence-corrected chi connectivity index (χ2v) is 9.07. The summed E-state index contributed by atoms with van der Waals surface area (Å²) in [6, 6.07) is 17.4. The quantitative estimate of drug-likeness (QED) is 0.175. The lowest BCUT2D eigenvalue weighted by molar-refractivity contribution is 0.0696. The van der Waals surface area contributed by atoms with E-state index in [9.17, 15) is 9.59 Å². The molecule has 0 aliphatic rings. The van der Waals surface area contributed by atoms with Gasteiger partial charge >= 0.3 is 12.0 Å². The lowest BCUT2D eigenvalue weighted by atomic mass is 10.1. The smallest absolute Gasteiger partial charge is 0.339 e. The number of benzene rings is 3. The number of hydrogen-bond donors (Lipinski definition) is 3. The zero-order chi connectivity index (χ0) is 23.1. The number of anilines is 1. The van der Waals surface area contributed by atoms with Crippen molar-refractivity contribution in [2.45, 2.75) is 13.5 Å². The maximum Gasteiger partial charge on any atom is 0.339 e. The van der Waals surface area contributed by atoms with Gasteiger partial charge in [-0.25, -0.2) is 15.0 Å². The largest absolute Gasteiger partial charge is 0.487 e. The fourth-order valence-electron chi connectivity index (χ4n) is 2.72. The fourth-order valence-corrected chi connectivity index (χ4v) is 4.85. The summed E-state index contributed by atoms with van der Waals surface area (Å²) < 4.78 is 7.72. The Morgan fingerprint density at radius 2 is 1.72 bits per heavy atom. The van der Waals surface area contributed by atoms with Gasteiger partial charge in [-0.3, -0.25) is 0 Å². The molecule has 0 heterocycles. The molecule has 2 amide bonds. The first-order valence-corrected chi connectivity index (χ1v) is 11.6. The number of nitrogens with one attached hydrogen (secondary N) is 2. The van der Waals surface area contributed by atoms with Crippen LogP contribution in [0.15, 0.2) is 65.8 Å². The number of para-hydroxylation sites is 1. The number of aromatic carboxylic acids is 1. The lowest BCUT2D eigenvalue weighted by Crippen LogP contribution is -2.24. The molecule has 3 N–H and O–H groups in total. The van der Waals surface area contributed by atoms with Crippen LogP contribution < -0.4 is 15.5 Å². The molecule has 0 unspecified atom stereocenters. The minimum absolute atomic E-state index is 0.239. The van der Waals surface area contributed by atoms with Crippen molar-refractivity contribution in [2.75, 3.05) is 5.32 Å². The first kappa shape index (κ1) is 24.0. The van der Waals surface area contributed by atoms with Gasteiger partial charge in [-0.2, -0.15) is 5.10 Å². The highest BCUT2D eigenvalue weighted by Crippen LogP contribution is 2.29. The summed E-state index contributed by atoms with van der Waals surface area (Å²) in [5.74, 6) is -0.225. The minimum atomic E-state index is -0.957. The van der Waals surface area contributed by atoms with Crippen molar-refractivity contribution in [1.29, 1.82) is 0 Å². The molecule has 9 heteroatoms. The Bertz CT molecular complexity index is 1140. The van der Waals surface area contributed by atoms with Crippen LogP contribution in [0, 0.1) is 14.1 Å². The molecule has 0 radical (unpaired) electrons. The Morgan fingerprint density at radius 3 is 2.34 bits per heavy atom. The van der Waals surface area contributed by atoms with E-state index in [1.54, 1.807) is 30.5 Å². The van der Waals surface area contributed by atoms with Gasteiger partial charge in [-0.05, 0) is 99.1 Å². The number of aryl methyl sites for hydroxylation is 1. The van der Waals surface area contributed by atoms with E-state index in [4.69, 9.17) is 9.84 Å². The lowest BCUT2D eigenvalue weighted by Gasteiger charge is -2.12. The van der Waals surface area contributed by atoms with Crippen molar-refractivity contribution >= 4 is 69.1 Å². The van der Waals surface area contributed by atoms with Gasteiger partial charge in [0, 0.05) is 5.69 Å². The minimum Gasteiger partial charge on any atom is -0.487 e. The summed E-state index contributed by atoms with van der Waals surface area (Å²) in [5.41, 5.74) is 6.07. The van der Waals surface area contributed by atoms with Crippen molar-refractivity contribution in [3.63, 3.8) is 0 Å². The van der Waals surface area contributed by atoms with E-state index in [1.165, 1.54) is 0 Å². The molecule has 32 heavy (non-hydrogen) atoms. The topological polar surface area (TPSA) is 100 Å². The number of carboxylic acids is 1. The van der Waals surface area contributed by atoms with Crippen LogP contribution in [-0.2, 0) is 6.61 Å². The average molecular weight is 655 g/mol. The fraction of sp³-hybridized carbons (Fsp3) is 0.0870. The highest BCUT2D eigenvalue weighted by Gasteiger charge is 2.10. The highest BCUT2D eigenvalue weighted by atomic mass is 127. The van der Waals surface area contributed by atoms with E-state index in [1.807, 2.05) is 43.3 Å². The van der Waals surface area contributed by atoms with Crippen LogP contribution in [0.4, 0.5) is 10.5 Å². The number of carbonyl (C=O) groups is 2. The molecule has 0 aliphatic heterocycles. The summed E-state index contributed by atoms with van der Waals surface area (Å²) in [5, 5.41) is 15.7. The molecule has 164 valence electrons. The van der Waals surface area contributed by atoms with Crippen LogP contribution >= 0.6 is 45.2 Å². The summed E-state index contributed by atoms with van der Waals surface area (Å²) in [7, 11) is 0. The summed E-state index contributed by atoms with van der Waals surface area (Å²) in [6.45, 7) is 2.23. The Hall–Kier alpha value is -2.67. The van der Waals surface area contributed by atoms with Gasteiger partial charge in [0.15, 0.2) is 0 Å². The first-order valence-electron chi connectivity index (χ1n) is 9.43. The molecule has 0 fully saturated rings. The molecule has 0 atom stereocenters. The van der Waals surface area contributed by atoms with Gasteiger partial charge in [0.25, 0.3) is 0 Å². The number of hydrogen-bond acceptors (Lipinski definition) is 4. The Kier molecular flexibility index (Phi) is 8.45. The zero-order valence-corrected chi connectivity index (χ0v) is 21.2. The molecule has 0 aromatic heterocycles. The number of halogens is 2. The Labute approximate surface area is 212 Å². The molecule has 7 nitrogen and oxygen atoms in total. The number of nitrogens with zero attached hydrogens (tertiary/aromatic N) is 1. The monoisotopic (exact) mass is 655 g/mol. The van der Waals surface area contributed by atoms with Gasteiger partial charge in [-0.1, -0.05) is 30.3 Å². The molecule has 3 rings (SSSR count). The van der Waals surface area contributed by atoms with E-state index in [2.05, 4.69) is 61.0 Å². The van der Waals surface area contributed by atoms with E-state index in [0.717, 1.165) is 35.3 Å². The third-order valence-electron chi connectivity index (χ3n) is 4.38. The molecule has 0 bridgehead atoms. The molecule has 3 aromatic rings. The SMILES string of the molecule is Cc1ccccc1NC(=O)NN=Cc1cc(I)c(OCc2ccc(C(=O)O)cc2)c(I)c1. The third-order valence-corrected chi connectivity index (χ3v) is 5.98. The number of urea groups is 1. The molecule has 0 saturated carbocycles. The molecule has 0 saturated heterocycles. The number of carbonyl (C=O) groups excluding carboxylic acids is 1. The predicted molar refractivity (Wildman–Crippen MR) is 141 cm³/mol. The van der Waals surface area contributed by atoms with Crippen LogP contribution in [-0.4, -0.2) is 23.3 Å². The van der Waals surface area contributed by atoms with E-state index >= 15 is 0 Å².